The van der Waals surface area contributed by atoms with E-state index in [0.717, 1.165) is 11.1 Å². The van der Waals surface area contributed by atoms with Crippen LogP contribution in [-0.2, 0) is 26.9 Å². The van der Waals surface area contributed by atoms with Crippen molar-refractivity contribution in [1.82, 2.24) is 0 Å². The van der Waals surface area contributed by atoms with Crippen molar-refractivity contribution in [2.45, 2.75) is 53.1 Å². The van der Waals surface area contributed by atoms with E-state index in [2.05, 4.69) is 20.8 Å². The Morgan fingerprint density at radius 2 is 1.19 bits per heavy atom. The molecule has 2 atom stereocenters. The summed E-state index contributed by atoms with van der Waals surface area (Å²) < 4.78 is 17.0. The van der Waals surface area contributed by atoms with Crippen LogP contribution in [0.4, 0.5) is 0 Å². The van der Waals surface area contributed by atoms with Crippen LogP contribution in [0.25, 0.3) is 0 Å². The molecule has 196 valence electrons. The van der Waals surface area contributed by atoms with Crippen LogP contribution < -0.4 is 9.47 Å². The fourth-order valence-corrected chi connectivity index (χ4v) is 8.29. The highest BCUT2D eigenvalue weighted by Crippen LogP contribution is 2.81. The Morgan fingerprint density at radius 1 is 0.806 bits per heavy atom. The Balaban J connectivity index is 2.36. The van der Waals surface area contributed by atoms with Gasteiger partial charge in [-0.05, 0) is 47.2 Å². The third-order valence-corrected chi connectivity index (χ3v) is 9.51. The van der Waals surface area contributed by atoms with Gasteiger partial charge in [0.25, 0.3) is 0 Å². The van der Waals surface area contributed by atoms with Crippen LogP contribution in [0, 0.1) is 21.7 Å². The van der Waals surface area contributed by atoms with Crippen LogP contribution in [0.15, 0.2) is 48.5 Å². The van der Waals surface area contributed by atoms with Gasteiger partial charge in [-0.3, -0.25) is 9.59 Å². The second kappa shape index (κ2) is 9.23. The van der Waals surface area contributed by atoms with Gasteiger partial charge in [-0.1, -0.05) is 58.9 Å². The van der Waals surface area contributed by atoms with Crippen LogP contribution in [-0.4, -0.2) is 52.5 Å². The van der Waals surface area contributed by atoms with Crippen LogP contribution in [0.2, 0.25) is 0 Å². The molecule has 0 radical (unpaired) electrons. The molecule has 8 heteroatoms. The molecular weight excluding hydrogens is 476 g/mol. The van der Waals surface area contributed by atoms with Crippen LogP contribution in [0.3, 0.4) is 0 Å². The van der Waals surface area contributed by atoms with E-state index in [1.807, 2.05) is 36.4 Å². The van der Waals surface area contributed by atoms with Gasteiger partial charge in [0.1, 0.15) is 22.0 Å². The maximum atomic E-state index is 13.1. The highest BCUT2D eigenvalue weighted by atomic mass is 28.2. The molecule has 0 spiro atoms. The van der Waals surface area contributed by atoms with Crippen molar-refractivity contribution in [3.8, 4) is 11.5 Å². The number of hydrogen-bond acceptors (Lipinski definition) is 5. The van der Waals surface area contributed by atoms with E-state index >= 15 is 0 Å². The number of methoxy groups -OCH3 is 2. The number of aliphatic carboxylic acids is 2. The van der Waals surface area contributed by atoms with Crippen molar-refractivity contribution in [2.24, 2.45) is 21.7 Å². The molecule has 0 aromatic heterocycles. The van der Waals surface area contributed by atoms with Gasteiger partial charge in [0, 0.05) is 17.3 Å². The normalized spacial score (nSPS) is 24.5. The zero-order valence-electron chi connectivity index (χ0n) is 22.5. The minimum atomic E-state index is -2.17. The predicted molar refractivity (Wildman–Crippen MR) is 141 cm³/mol. The molecule has 0 amide bonds. The number of carbonyl (C=O) groups is 2. The van der Waals surface area contributed by atoms with Crippen LogP contribution in [0.5, 0.6) is 11.5 Å². The molecular formula is C28H38O7Si. The highest BCUT2D eigenvalue weighted by molar-refractivity contribution is 6.06. The van der Waals surface area contributed by atoms with Crippen molar-refractivity contribution in [1.29, 1.82) is 0 Å². The molecule has 0 heterocycles. The van der Waals surface area contributed by atoms with Gasteiger partial charge in [0.05, 0.1) is 19.8 Å². The summed E-state index contributed by atoms with van der Waals surface area (Å²) in [7, 11) is 3.33. The van der Waals surface area contributed by atoms with E-state index in [9.17, 15) is 19.8 Å². The number of carboxylic acid groups (broad SMARTS) is 2. The molecule has 1 saturated carbocycles. The van der Waals surface area contributed by atoms with Crippen molar-refractivity contribution >= 4 is 22.4 Å². The lowest BCUT2D eigenvalue weighted by molar-refractivity contribution is -0.363. The third-order valence-electron chi connectivity index (χ3n) is 8.81. The summed E-state index contributed by atoms with van der Waals surface area (Å²) in [6, 6.07) is 14.9. The molecule has 1 fully saturated rings. The summed E-state index contributed by atoms with van der Waals surface area (Å²) in [5.74, 6) is -1.37. The van der Waals surface area contributed by atoms with Gasteiger partial charge < -0.3 is 24.1 Å². The summed E-state index contributed by atoms with van der Waals surface area (Å²) >= 11 is 0. The van der Waals surface area contributed by atoms with E-state index in [-0.39, 0.29) is 16.9 Å². The molecule has 36 heavy (non-hydrogen) atoms. The topological polar surface area (TPSA) is 102 Å². The Morgan fingerprint density at radius 3 is 1.50 bits per heavy atom. The maximum Gasteiger partial charge on any atom is 0.324 e. The fraction of sp³-hybridized carbons (Fsp3) is 0.500. The zero-order chi connectivity index (χ0) is 27.2. The molecule has 3 rings (SSSR count). The molecule has 2 N–H and O–H groups in total. The van der Waals surface area contributed by atoms with Crippen molar-refractivity contribution in [3.63, 3.8) is 0 Å². The van der Waals surface area contributed by atoms with E-state index in [1.165, 1.54) is 0 Å². The summed E-state index contributed by atoms with van der Waals surface area (Å²) in [4.78, 5) is 26.2. The molecule has 0 aliphatic heterocycles. The van der Waals surface area contributed by atoms with Crippen molar-refractivity contribution in [3.05, 3.63) is 59.7 Å². The molecule has 2 aromatic rings. The summed E-state index contributed by atoms with van der Waals surface area (Å²) in [6.45, 7) is 9.70. The first-order valence-corrected chi connectivity index (χ1v) is 12.8. The number of benzene rings is 2. The van der Waals surface area contributed by atoms with Gasteiger partial charge in [-0.2, -0.15) is 0 Å². The lowest BCUT2D eigenvalue weighted by Crippen LogP contribution is -2.90. The largest absolute Gasteiger partial charge is 0.497 e. The van der Waals surface area contributed by atoms with E-state index in [0.29, 0.717) is 17.9 Å². The Labute approximate surface area is 216 Å². The zero-order valence-corrected chi connectivity index (χ0v) is 24.5. The highest BCUT2D eigenvalue weighted by Gasteiger charge is 2.92. The minimum Gasteiger partial charge on any atom is -0.497 e. The smallest absolute Gasteiger partial charge is 0.324 e. The number of rotatable bonds is 9. The number of ether oxygens (including phenoxy) is 2. The average Bonchev–Trinajstić information content (AvgIpc) is 2.81. The molecule has 7 nitrogen and oxygen atoms in total. The quantitative estimate of drug-likeness (QED) is 0.388. The van der Waals surface area contributed by atoms with Gasteiger partial charge >= 0.3 is 11.9 Å². The van der Waals surface area contributed by atoms with E-state index in [1.54, 1.807) is 40.2 Å². The lowest BCUT2D eigenvalue weighted by atomic mass is 9.23. The first kappa shape index (κ1) is 27.7. The fourth-order valence-electron chi connectivity index (χ4n) is 7.49. The molecule has 1 aliphatic carbocycles. The Hall–Kier alpha value is -2.84. The van der Waals surface area contributed by atoms with Gasteiger partial charge in [0.15, 0.2) is 5.41 Å². The Bertz CT molecular complexity index is 1100. The molecule has 1 aliphatic rings. The first-order chi connectivity index (χ1) is 16.7. The predicted octanol–water partition coefficient (Wildman–Crippen LogP) is 3.75. The molecule has 0 saturated heterocycles. The Kier molecular flexibility index (Phi) is 7.11. The molecule has 0 bridgehead atoms. The SMILES string of the molecule is COc1ccc(CC2(O[SiH3])C(C(=O)O)(C(=O)O)C(C)(C)C2(Cc2ccc(OC)cc2)C(C)(C)C)cc1. The maximum absolute atomic E-state index is 13.1. The van der Waals surface area contributed by atoms with Crippen molar-refractivity contribution in [2.75, 3.05) is 14.2 Å². The second-order valence-electron chi connectivity index (χ2n) is 11.2. The number of hydrogen-bond donors (Lipinski definition) is 2. The standard InChI is InChI=1S/C28H38O7Si/c1-24(2,3)26(16-18-8-12-20(33-6)13-9-18)25(4,5)28(22(29)30,23(31)32)27(26,35-36)17-19-10-14-21(34-7)15-11-19/h8-15H,16-17H2,1-7,36H3,(H,29,30)(H,31,32). The van der Waals surface area contributed by atoms with Crippen LogP contribution in [0.1, 0.15) is 45.7 Å². The van der Waals surface area contributed by atoms with Crippen LogP contribution >= 0.6 is 0 Å². The second-order valence-corrected chi connectivity index (χ2v) is 11.6. The van der Waals surface area contributed by atoms with Crippen molar-refractivity contribution < 1.29 is 33.7 Å². The average molecular weight is 515 g/mol. The summed E-state index contributed by atoms with van der Waals surface area (Å²) in [5, 5.41) is 21.3. The third kappa shape index (κ3) is 3.41. The summed E-state index contributed by atoms with van der Waals surface area (Å²) in [6.07, 6.45) is 0.574. The van der Waals surface area contributed by atoms with Gasteiger partial charge in [0.2, 0.25) is 0 Å². The lowest BCUT2D eigenvalue weighted by Gasteiger charge is -2.80. The summed E-state index contributed by atoms with van der Waals surface area (Å²) in [5.41, 5.74) is -4.49. The molecule has 2 aromatic carbocycles. The first-order valence-electron chi connectivity index (χ1n) is 12.0. The van der Waals surface area contributed by atoms with E-state index in [4.69, 9.17) is 13.9 Å². The minimum absolute atomic E-state index is 0.135. The number of carboxylic acids is 2. The molecule has 2 unspecified atom stereocenters. The van der Waals surface area contributed by atoms with E-state index < -0.39 is 39.2 Å². The van der Waals surface area contributed by atoms with Gasteiger partial charge in [-0.25, -0.2) is 0 Å². The van der Waals surface area contributed by atoms with Gasteiger partial charge in [-0.15, -0.1) is 0 Å². The monoisotopic (exact) mass is 514 g/mol.